The van der Waals surface area contributed by atoms with Crippen LogP contribution >= 0.6 is 11.7 Å². The molecule has 3 nitrogen and oxygen atoms in total. The zero-order chi connectivity index (χ0) is 8.32. The lowest BCUT2D eigenvalue weighted by Crippen LogP contribution is -2.37. The van der Waals surface area contributed by atoms with Crippen LogP contribution in [-0.2, 0) is 6.42 Å². The summed E-state index contributed by atoms with van der Waals surface area (Å²) in [6, 6.07) is 0. The fourth-order valence-electron chi connectivity index (χ4n) is 0.801. The van der Waals surface area contributed by atoms with E-state index in [0.29, 0.717) is 0 Å². The van der Waals surface area contributed by atoms with Crippen molar-refractivity contribution >= 4 is 11.7 Å². The molecule has 0 amide bonds. The Bertz CT molecular complexity index is 205. The lowest BCUT2D eigenvalue weighted by molar-refractivity contribution is 0.446. The Hall–Kier alpha value is -0.480. The highest BCUT2D eigenvalue weighted by molar-refractivity contribution is 6.99. The van der Waals surface area contributed by atoms with Gasteiger partial charge in [0.25, 0.3) is 0 Å². The lowest BCUT2D eigenvalue weighted by atomic mass is 9.95. The van der Waals surface area contributed by atoms with Gasteiger partial charge in [-0.3, -0.25) is 0 Å². The molecule has 62 valence electrons. The zero-order valence-corrected chi connectivity index (χ0v) is 7.69. The predicted octanol–water partition coefficient (Wildman–Crippen LogP) is 1.21. The quantitative estimate of drug-likeness (QED) is 0.743. The van der Waals surface area contributed by atoms with Gasteiger partial charge in [-0.25, -0.2) is 0 Å². The molecule has 0 saturated carbocycles. The predicted molar refractivity (Wildman–Crippen MR) is 46.5 cm³/mol. The Morgan fingerprint density at radius 3 is 2.91 bits per heavy atom. The van der Waals surface area contributed by atoms with Gasteiger partial charge in [0.2, 0.25) is 0 Å². The summed E-state index contributed by atoms with van der Waals surface area (Å²) in [4.78, 5) is 0. The minimum absolute atomic E-state index is 0.129. The van der Waals surface area contributed by atoms with Crippen molar-refractivity contribution in [2.24, 2.45) is 5.73 Å². The molecule has 0 aliphatic heterocycles. The van der Waals surface area contributed by atoms with Gasteiger partial charge in [-0.05, 0) is 13.3 Å². The highest BCUT2D eigenvalue weighted by Gasteiger charge is 2.17. The summed E-state index contributed by atoms with van der Waals surface area (Å²) in [6.45, 7) is 4.12. The molecule has 0 spiro atoms. The molecule has 1 atom stereocenters. The third-order valence-corrected chi connectivity index (χ3v) is 2.32. The van der Waals surface area contributed by atoms with Crippen LogP contribution in [0.1, 0.15) is 26.0 Å². The summed E-state index contributed by atoms with van der Waals surface area (Å²) in [6.07, 6.45) is 3.57. The van der Waals surface area contributed by atoms with Crippen LogP contribution in [0.5, 0.6) is 0 Å². The van der Waals surface area contributed by atoms with Crippen LogP contribution in [-0.4, -0.2) is 14.3 Å². The number of rotatable bonds is 3. The molecular weight excluding hydrogens is 158 g/mol. The Labute approximate surface area is 71.0 Å². The first kappa shape index (κ1) is 8.62. The van der Waals surface area contributed by atoms with E-state index in [4.69, 9.17) is 5.73 Å². The molecule has 0 radical (unpaired) electrons. The van der Waals surface area contributed by atoms with E-state index in [1.165, 1.54) is 11.7 Å². The SMILES string of the molecule is CCC(C)(N)Cc1cnsn1. The number of nitrogens with two attached hydrogens (primary N) is 1. The second kappa shape index (κ2) is 3.28. The van der Waals surface area contributed by atoms with Gasteiger partial charge >= 0.3 is 0 Å². The van der Waals surface area contributed by atoms with Crippen LogP contribution in [0.3, 0.4) is 0 Å². The molecule has 0 aliphatic rings. The summed E-state index contributed by atoms with van der Waals surface area (Å²) in [5.41, 5.74) is 6.82. The molecule has 0 aliphatic carbocycles. The normalized spacial score (nSPS) is 16.3. The van der Waals surface area contributed by atoms with E-state index in [0.717, 1.165) is 18.5 Å². The van der Waals surface area contributed by atoms with Crippen LogP contribution in [0, 0.1) is 0 Å². The molecule has 1 heterocycles. The smallest absolute Gasteiger partial charge is 0.0761 e. The minimum atomic E-state index is -0.129. The van der Waals surface area contributed by atoms with Crippen LogP contribution in [0.4, 0.5) is 0 Å². The maximum Gasteiger partial charge on any atom is 0.0761 e. The number of nitrogens with zero attached hydrogens (tertiary/aromatic N) is 2. The van der Waals surface area contributed by atoms with Crippen molar-refractivity contribution in [1.82, 2.24) is 8.75 Å². The van der Waals surface area contributed by atoms with Crippen LogP contribution in [0.2, 0.25) is 0 Å². The average Bonchev–Trinajstić information content (AvgIpc) is 2.39. The lowest BCUT2D eigenvalue weighted by Gasteiger charge is -2.20. The maximum atomic E-state index is 5.94. The molecule has 1 rings (SSSR count). The molecule has 0 fully saturated rings. The largest absolute Gasteiger partial charge is 0.325 e. The number of hydrogen-bond donors (Lipinski definition) is 1. The number of aromatic nitrogens is 2. The van der Waals surface area contributed by atoms with Crippen molar-refractivity contribution in [2.75, 3.05) is 0 Å². The second-order valence-electron chi connectivity index (χ2n) is 3.08. The average molecular weight is 171 g/mol. The van der Waals surface area contributed by atoms with Crippen molar-refractivity contribution in [3.63, 3.8) is 0 Å². The van der Waals surface area contributed by atoms with Crippen molar-refractivity contribution in [3.05, 3.63) is 11.9 Å². The highest BCUT2D eigenvalue weighted by Crippen LogP contribution is 2.11. The molecule has 0 aromatic carbocycles. The molecule has 4 heteroatoms. The van der Waals surface area contributed by atoms with Gasteiger partial charge in [-0.2, -0.15) is 8.75 Å². The monoisotopic (exact) mass is 171 g/mol. The van der Waals surface area contributed by atoms with Gasteiger partial charge in [0.1, 0.15) is 0 Å². The van der Waals surface area contributed by atoms with Gasteiger partial charge in [0, 0.05) is 12.0 Å². The third kappa shape index (κ3) is 2.55. The van der Waals surface area contributed by atoms with E-state index >= 15 is 0 Å². The molecule has 11 heavy (non-hydrogen) atoms. The van der Waals surface area contributed by atoms with Crippen LogP contribution < -0.4 is 5.73 Å². The van der Waals surface area contributed by atoms with Gasteiger partial charge in [-0.15, -0.1) is 0 Å². The topological polar surface area (TPSA) is 51.8 Å². The molecule has 1 aromatic heterocycles. The standard InChI is InChI=1S/C7H13N3S/c1-3-7(2,8)4-6-5-9-11-10-6/h5H,3-4,8H2,1-2H3. The fourth-order valence-corrected chi connectivity index (χ4v) is 1.23. The highest BCUT2D eigenvalue weighted by atomic mass is 32.1. The van der Waals surface area contributed by atoms with E-state index < -0.39 is 0 Å². The second-order valence-corrected chi connectivity index (χ2v) is 3.64. The first-order chi connectivity index (χ1) is 5.14. The van der Waals surface area contributed by atoms with Crippen molar-refractivity contribution in [3.8, 4) is 0 Å². The molecule has 0 bridgehead atoms. The van der Waals surface area contributed by atoms with E-state index in [9.17, 15) is 0 Å². The Balaban J connectivity index is 2.56. The van der Waals surface area contributed by atoms with Gasteiger partial charge in [0.15, 0.2) is 0 Å². The first-order valence-corrected chi connectivity index (χ1v) is 4.42. The van der Waals surface area contributed by atoms with Crippen molar-refractivity contribution in [2.45, 2.75) is 32.2 Å². The summed E-state index contributed by atoms with van der Waals surface area (Å²) in [5, 5.41) is 0. The van der Waals surface area contributed by atoms with Gasteiger partial charge < -0.3 is 5.73 Å². The Morgan fingerprint density at radius 1 is 1.73 bits per heavy atom. The van der Waals surface area contributed by atoms with E-state index in [1.807, 2.05) is 6.92 Å². The van der Waals surface area contributed by atoms with Crippen LogP contribution in [0.15, 0.2) is 6.20 Å². The summed E-state index contributed by atoms with van der Waals surface area (Å²) in [7, 11) is 0. The fraction of sp³-hybridized carbons (Fsp3) is 0.714. The maximum absolute atomic E-state index is 5.94. The van der Waals surface area contributed by atoms with E-state index in [2.05, 4.69) is 15.7 Å². The zero-order valence-electron chi connectivity index (χ0n) is 6.87. The van der Waals surface area contributed by atoms with Gasteiger partial charge in [-0.1, -0.05) is 6.92 Å². The summed E-state index contributed by atoms with van der Waals surface area (Å²) >= 11 is 1.24. The Morgan fingerprint density at radius 2 is 2.45 bits per heavy atom. The molecule has 2 N–H and O–H groups in total. The number of hydrogen-bond acceptors (Lipinski definition) is 4. The third-order valence-electron chi connectivity index (χ3n) is 1.80. The van der Waals surface area contributed by atoms with Crippen LogP contribution in [0.25, 0.3) is 0 Å². The molecule has 0 saturated heterocycles. The first-order valence-electron chi connectivity index (χ1n) is 3.69. The van der Waals surface area contributed by atoms with Gasteiger partial charge in [0.05, 0.1) is 23.6 Å². The minimum Gasteiger partial charge on any atom is -0.325 e. The van der Waals surface area contributed by atoms with Crippen molar-refractivity contribution in [1.29, 1.82) is 0 Å². The molecule has 1 unspecified atom stereocenters. The Kier molecular flexibility index (Phi) is 2.57. The van der Waals surface area contributed by atoms with E-state index in [-0.39, 0.29) is 5.54 Å². The van der Waals surface area contributed by atoms with E-state index in [1.54, 1.807) is 6.20 Å². The van der Waals surface area contributed by atoms with Crippen molar-refractivity contribution < 1.29 is 0 Å². The molecular formula is C7H13N3S. The summed E-state index contributed by atoms with van der Waals surface area (Å²) in [5.74, 6) is 0. The summed E-state index contributed by atoms with van der Waals surface area (Å²) < 4.78 is 8.02. The molecule has 1 aromatic rings.